The number of nitrogens with one attached hydrogen (secondary N) is 1. The number of carbonyl (C=O) groups is 2. The van der Waals surface area contributed by atoms with Crippen molar-refractivity contribution in [1.29, 1.82) is 0 Å². The van der Waals surface area contributed by atoms with Crippen molar-refractivity contribution in [2.24, 2.45) is 5.92 Å². The topological polar surface area (TPSA) is 71.8 Å². The Morgan fingerprint density at radius 3 is 2.86 bits per heavy atom. The standard InChI is InChI=1S/C22H24N2O4/c1-2-27-22(26)15-6-5-11-24(13-15)14-21(25)23-16-9-10-20-18(12-16)17-7-3-4-8-19(17)28-20/h3-4,7-10,12,15H,2,5-6,11,13-14H2,1H3,(H,23,25)/t15-/m1/s1. The van der Waals surface area contributed by atoms with E-state index in [1.54, 1.807) is 0 Å². The Kier molecular flexibility index (Phi) is 5.30. The third-order valence-electron chi connectivity index (χ3n) is 5.15. The molecule has 3 aromatic rings. The highest BCUT2D eigenvalue weighted by Gasteiger charge is 2.27. The molecule has 4 rings (SSSR count). The number of amides is 1. The fourth-order valence-electron chi connectivity index (χ4n) is 3.86. The molecule has 1 aromatic heterocycles. The first-order valence-electron chi connectivity index (χ1n) is 9.74. The van der Waals surface area contributed by atoms with E-state index in [2.05, 4.69) is 5.32 Å². The zero-order valence-electron chi connectivity index (χ0n) is 15.9. The minimum Gasteiger partial charge on any atom is -0.466 e. The summed E-state index contributed by atoms with van der Waals surface area (Å²) in [4.78, 5) is 26.5. The number of rotatable bonds is 5. The number of furan rings is 1. The number of fused-ring (bicyclic) bond motifs is 3. The lowest BCUT2D eigenvalue weighted by Gasteiger charge is -2.30. The van der Waals surface area contributed by atoms with E-state index in [9.17, 15) is 9.59 Å². The van der Waals surface area contributed by atoms with Gasteiger partial charge in [-0.05, 0) is 50.6 Å². The van der Waals surface area contributed by atoms with Crippen LogP contribution in [-0.2, 0) is 14.3 Å². The summed E-state index contributed by atoms with van der Waals surface area (Å²) in [6, 6.07) is 13.5. The number of piperidine rings is 1. The SMILES string of the molecule is CCOC(=O)[C@@H]1CCCN(CC(=O)Nc2ccc3oc4ccccc4c3c2)C1. The Bertz CT molecular complexity index is 1010. The van der Waals surface area contributed by atoms with Crippen molar-refractivity contribution in [3.63, 3.8) is 0 Å². The zero-order chi connectivity index (χ0) is 19.5. The highest BCUT2D eigenvalue weighted by atomic mass is 16.5. The van der Waals surface area contributed by atoms with Crippen LogP contribution in [0.15, 0.2) is 46.9 Å². The van der Waals surface area contributed by atoms with Gasteiger partial charge in [-0.1, -0.05) is 18.2 Å². The first-order chi connectivity index (χ1) is 13.6. The number of carbonyl (C=O) groups excluding carboxylic acids is 2. The van der Waals surface area contributed by atoms with Crippen LogP contribution in [0.25, 0.3) is 21.9 Å². The Morgan fingerprint density at radius 2 is 2.00 bits per heavy atom. The molecule has 1 fully saturated rings. The number of ether oxygens (including phenoxy) is 1. The van der Waals surface area contributed by atoms with Gasteiger partial charge in [0.15, 0.2) is 0 Å². The Labute approximate surface area is 163 Å². The second-order valence-electron chi connectivity index (χ2n) is 7.18. The van der Waals surface area contributed by atoms with Gasteiger partial charge in [0.25, 0.3) is 0 Å². The molecule has 6 nitrogen and oxygen atoms in total. The van der Waals surface area contributed by atoms with E-state index in [0.717, 1.165) is 47.0 Å². The normalized spacial score (nSPS) is 17.7. The summed E-state index contributed by atoms with van der Waals surface area (Å²) in [5, 5.41) is 4.98. The van der Waals surface area contributed by atoms with Crippen LogP contribution in [0.5, 0.6) is 0 Å². The van der Waals surface area contributed by atoms with E-state index in [-0.39, 0.29) is 24.3 Å². The van der Waals surface area contributed by atoms with E-state index >= 15 is 0 Å². The number of benzene rings is 2. The first kappa shape index (κ1) is 18.5. The number of esters is 1. The van der Waals surface area contributed by atoms with E-state index in [4.69, 9.17) is 9.15 Å². The number of anilines is 1. The van der Waals surface area contributed by atoms with E-state index < -0.39 is 0 Å². The van der Waals surface area contributed by atoms with E-state index in [1.165, 1.54) is 0 Å². The monoisotopic (exact) mass is 380 g/mol. The molecule has 1 amide bonds. The molecule has 1 atom stereocenters. The number of nitrogens with zero attached hydrogens (tertiary/aromatic N) is 1. The van der Waals surface area contributed by atoms with Crippen molar-refractivity contribution in [3.05, 3.63) is 42.5 Å². The van der Waals surface area contributed by atoms with Crippen LogP contribution >= 0.6 is 0 Å². The summed E-state index contributed by atoms with van der Waals surface area (Å²) in [6.07, 6.45) is 1.71. The average molecular weight is 380 g/mol. The Morgan fingerprint density at radius 1 is 1.18 bits per heavy atom. The maximum atomic E-state index is 12.5. The number of hydrogen-bond donors (Lipinski definition) is 1. The van der Waals surface area contributed by atoms with E-state index in [1.807, 2.05) is 54.3 Å². The van der Waals surface area contributed by atoms with Crippen molar-refractivity contribution < 1.29 is 18.7 Å². The van der Waals surface area contributed by atoms with Crippen molar-refractivity contribution in [2.75, 3.05) is 31.6 Å². The summed E-state index contributed by atoms with van der Waals surface area (Å²) in [5.74, 6) is -0.392. The van der Waals surface area contributed by atoms with Crippen molar-refractivity contribution >= 4 is 39.5 Å². The molecule has 28 heavy (non-hydrogen) atoms. The maximum Gasteiger partial charge on any atom is 0.310 e. The molecule has 0 spiro atoms. The molecule has 2 heterocycles. The van der Waals surface area contributed by atoms with Gasteiger partial charge in [0, 0.05) is 23.0 Å². The Balaban J connectivity index is 1.42. The van der Waals surface area contributed by atoms with Gasteiger partial charge in [-0.3, -0.25) is 14.5 Å². The predicted molar refractivity (Wildman–Crippen MR) is 108 cm³/mol. The van der Waals surface area contributed by atoms with Crippen LogP contribution in [0.2, 0.25) is 0 Å². The average Bonchev–Trinajstić information content (AvgIpc) is 3.06. The summed E-state index contributed by atoms with van der Waals surface area (Å²) in [7, 11) is 0. The van der Waals surface area contributed by atoms with Crippen molar-refractivity contribution in [1.82, 2.24) is 4.90 Å². The van der Waals surface area contributed by atoms with Gasteiger partial charge in [0.2, 0.25) is 5.91 Å². The molecule has 1 aliphatic rings. The molecule has 1 N–H and O–H groups in total. The van der Waals surface area contributed by atoms with Crippen LogP contribution < -0.4 is 5.32 Å². The molecule has 0 radical (unpaired) electrons. The largest absolute Gasteiger partial charge is 0.466 e. The third-order valence-corrected chi connectivity index (χ3v) is 5.15. The third kappa shape index (κ3) is 3.87. The lowest BCUT2D eigenvalue weighted by Crippen LogP contribution is -2.43. The number of para-hydroxylation sites is 1. The molecule has 2 aromatic carbocycles. The van der Waals surface area contributed by atoms with Gasteiger partial charge in [0.05, 0.1) is 19.1 Å². The van der Waals surface area contributed by atoms with Crippen LogP contribution in [0, 0.1) is 5.92 Å². The highest BCUT2D eigenvalue weighted by molar-refractivity contribution is 6.07. The minimum absolute atomic E-state index is 0.0864. The van der Waals surface area contributed by atoms with Gasteiger partial charge in [0.1, 0.15) is 11.2 Å². The van der Waals surface area contributed by atoms with Gasteiger partial charge in [-0.2, -0.15) is 0 Å². The lowest BCUT2D eigenvalue weighted by molar-refractivity contribution is -0.150. The van der Waals surface area contributed by atoms with Crippen molar-refractivity contribution in [2.45, 2.75) is 19.8 Å². The van der Waals surface area contributed by atoms with Gasteiger partial charge >= 0.3 is 5.97 Å². The lowest BCUT2D eigenvalue weighted by atomic mass is 9.98. The molecule has 0 saturated carbocycles. The van der Waals surface area contributed by atoms with Crippen LogP contribution in [-0.4, -0.2) is 43.0 Å². The quantitative estimate of drug-likeness (QED) is 0.682. The van der Waals surface area contributed by atoms with Gasteiger partial charge in [-0.25, -0.2) is 0 Å². The second-order valence-corrected chi connectivity index (χ2v) is 7.18. The smallest absolute Gasteiger partial charge is 0.310 e. The molecule has 0 unspecified atom stereocenters. The fraction of sp³-hybridized carbons (Fsp3) is 0.364. The molecule has 1 saturated heterocycles. The Hall–Kier alpha value is -2.86. The number of likely N-dealkylation sites (tertiary alicyclic amines) is 1. The summed E-state index contributed by atoms with van der Waals surface area (Å²) in [6.45, 7) is 3.85. The highest BCUT2D eigenvalue weighted by Crippen LogP contribution is 2.30. The molecule has 6 heteroatoms. The van der Waals surface area contributed by atoms with Gasteiger partial charge < -0.3 is 14.5 Å². The molecule has 0 bridgehead atoms. The minimum atomic E-state index is -0.162. The first-order valence-corrected chi connectivity index (χ1v) is 9.74. The molecular formula is C22H24N2O4. The molecular weight excluding hydrogens is 356 g/mol. The maximum absolute atomic E-state index is 12.5. The number of hydrogen-bond acceptors (Lipinski definition) is 5. The fourth-order valence-corrected chi connectivity index (χ4v) is 3.86. The molecule has 0 aliphatic carbocycles. The second kappa shape index (κ2) is 8.02. The van der Waals surface area contributed by atoms with Gasteiger partial charge in [-0.15, -0.1) is 0 Å². The molecule has 1 aliphatic heterocycles. The van der Waals surface area contributed by atoms with Crippen molar-refractivity contribution in [3.8, 4) is 0 Å². The summed E-state index contributed by atoms with van der Waals surface area (Å²) in [5.41, 5.74) is 2.37. The summed E-state index contributed by atoms with van der Waals surface area (Å²) >= 11 is 0. The zero-order valence-corrected chi connectivity index (χ0v) is 15.9. The molecule has 146 valence electrons. The summed E-state index contributed by atoms with van der Waals surface area (Å²) < 4.78 is 10.9. The van der Waals surface area contributed by atoms with E-state index in [0.29, 0.717) is 13.2 Å². The van der Waals surface area contributed by atoms with Crippen LogP contribution in [0.1, 0.15) is 19.8 Å². The van der Waals surface area contributed by atoms with Crippen LogP contribution in [0.4, 0.5) is 5.69 Å². The van der Waals surface area contributed by atoms with Crippen LogP contribution in [0.3, 0.4) is 0 Å². The predicted octanol–water partition coefficient (Wildman–Crippen LogP) is 3.80.